The van der Waals surface area contributed by atoms with Crippen LogP contribution in [0.2, 0.25) is 0 Å². The van der Waals surface area contributed by atoms with Crippen molar-refractivity contribution in [2.45, 2.75) is 26.3 Å². The van der Waals surface area contributed by atoms with Gasteiger partial charge in [-0.05, 0) is 43.0 Å². The molecular weight excluding hydrogens is 391 g/mol. The summed E-state index contributed by atoms with van der Waals surface area (Å²) in [5.41, 5.74) is 8.71. The fourth-order valence-corrected chi connectivity index (χ4v) is 4.08. The van der Waals surface area contributed by atoms with Crippen molar-refractivity contribution in [3.05, 3.63) is 75.0 Å². The predicted octanol–water partition coefficient (Wildman–Crippen LogP) is 2.97. The van der Waals surface area contributed by atoms with E-state index in [2.05, 4.69) is 20.4 Å². The molecule has 0 bridgehead atoms. The van der Waals surface area contributed by atoms with Crippen LogP contribution in [0.1, 0.15) is 33.4 Å². The zero-order chi connectivity index (χ0) is 20.5. The summed E-state index contributed by atoms with van der Waals surface area (Å²) in [6.45, 7) is 3.69. The van der Waals surface area contributed by atoms with Gasteiger partial charge in [0.25, 0.3) is 5.78 Å². The van der Waals surface area contributed by atoms with E-state index in [-0.39, 0.29) is 30.1 Å². The molecule has 0 aliphatic rings. The molecular formula is C20H19FN6OS. The molecule has 7 nitrogen and oxygen atoms in total. The summed E-state index contributed by atoms with van der Waals surface area (Å²) in [7, 11) is 0. The number of aryl methyl sites for hydroxylation is 2. The molecule has 0 saturated carbocycles. The number of benzene rings is 1. The number of nitrogens with two attached hydrogens (primary N) is 1. The molecule has 4 aromatic rings. The number of nitrogens with zero attached hydrogens (tertiary/aromatic N) is 4. The zero-order valence-corrected chi connectivity index (χ0v) is 16.7. The number of hydrogen-bond acceptors (Lipinski definition) is 6. The van der Waals surface area contributed by atoms with Crippen molar-refractivity contribution in [2.75, 3.05) is 5.73 Å². The van der Waals surface area contributed by atoms with Gasteiger partial charge in [-0.25, -0.2) is 9.37 Å². The third-order valence-corrected chi connectivity index (χ3v) is 5.68. The number of carbonyl (C=O) groups is 1. The van der Waals surface area contributed by atoms with Gasteiger partial charge in [-0.2, -0.15) is 9.50 Å². The largest absolute Gasteiger partial charge is 0.366 e. The van der Waals surface area contributed by atoms with Crippen LogP contribution in [0.4, 0.5) is 10.3 Å². The minimum atomic E-state index is -0.359. The molecule has 0 radical (unpaired) electrons. The van der Waals surface area contributed by atoms with Crippen LogP contribution in [-0.4, -0.2) is 25.5 Å². The standard InChI is InChI=1S/C20H19FN6OS/c1-11-15(12(2)27-20(23-11)25-19(22)26-27)10-17(28)24-18(16-4-3-9-29-16)13-5-7-14(21)8-6-13/h3-9,18H,10H2,1-2H3,(H2,22,26)(H,24,28). The first-order chi connectivity index (χ1) is 13.9. The minimum absolute atomic E-state index is 0.128. The molecule has 1 aromatic carbocycles. The van der Waals surface area contributed by atoms with Crippen LogP contribution in [0.15, 0.2) is 41.8 Å². The molecule has 0 aliphatic heterocycles. The summed E-state index contributed by atoms with van der Waals surface area (Å²) in [5, 5.41) is 9.14. The van der Waals surface area contributed by atoms with E-state index in [0.29, 0.717) is 11.5 Å². The van der Waals surface area contributed by atoms with Gasteiger partial charge >= 0.3 is 0 Å². The molecule has 3 N–H and O–H groups in total. The predicted molar refractivity (Wildman–Crippen MR) is 109 cm³/mol. The number of carbonyl (C=O) groups excluding carboxylic acids is 1. The van der Waals surface area contributed by atoms with Crippen molar-refractivity contribution in [3.63, 3.8) is 0 Å². The van der Waals surface area contributed by atoms with E-state index in [4.69, 9.17) is 5.73 Å². The van der Waals surface area contributed by atoms with Crippen LogP contribution in [0.3, 0.4) is 0 Å². The second-order valence-electron chi connectivity index (χ2n) is 6.69. The number of amides is 1. The molecule has 9 heteroatoms. The fourth-order valence-electron chi connectivity index (χ4n) is 3.28. The van der Waals surface area contributed by atoms with Crippen LogP contribution in [-0.2, 0) is 11.2 Å². The van der Waals surface area contributed by atoms with Gasteiger partial charge in [0.1, 0.15) is 5.82 Å². The molecule has 0 spiro atoms. The van der Waals surface area contributed by atoms with Crippen molar-refractivity contribution >= 4 is 29.0 Å². The SMILES string of the molecule is Cc1nc2nc(N)nn2c(C)c1CC(=O)NC(c1ccc(F)cc1)c1cccs1. The Morgan fingerprint density at radius 3 is 2.69 bits per heavy atom. The number of thiophene rings is 1. The lowest BCUT2D eigenvalue weighted by atomic mass is 10.0. The lowest BCUT2D eigenvalue weighted by Crippen LogP contribution is -2.30. The van der Waals surface area contributed by atoms with E-state index >= 15 is 0 Å². The van der Waals surface area contributed by atoms with Gasteiger partial charge in [0.2, 0.25) is 11.9 Å². The average Bonchev–Trinajstić information content (AvgIpc) is 3.33. The van der Waals surface area contributed by atoms with Crippen LogP contribution < -0.4 is 11.1 Å². The van der Waals surface area contributed by atoms with Crippen molar-refractivity contribution < 1.29 is 9.18 Å². The van der Waals surface area contributed by atoms with Gasteiger partial charge in [0.05, 0.1) is 12.5 Å². The zero-order valence-electron chi connectivity index (χ0n) is 15.9. The first-order valence-electron chi connectivity index (χ1n) is 8.99. The number of nitrogen functional groups attached to an aromatic ring is 1. The fraction of sp³-hybridized carbons (Fsp3) is 0.200. The smallest absolute Gasteiger partial charge is 0.254 e. The average molecular weight is 410 g/mol. The molecule has 3 aromatic heterocycles. The number of fused-ring (bicyclic) bond motifs is 1. The molecule has 148 valence electrons. The molecule has 1 unspecified atom stereocenters. The van der Waals surface area contributed by atoms with Crippen molar-refractivity contribution in [1.29, 1.82) is 0 Å². The molecule has 29 heavy (non-hydrogen) atoms. The first-order valence-corrected chi connectivity index (χ1v) is 9.87. The van der Waals surface area contributed by atoms with Crippen LogP contribution in [0.5, 0.6) is 0 Å². The number of rotatable bonds is 5. The Kier molecular flexibility index (Phi) is 4.98. The highest BCUT2D eigenvalue weighted by Crippen LogP contribution is 2.26. The van der Waals surface area contributed by atoms with E-state index < -0.39 is 0 Å². The summed E-state index contributed by atoms with van der Waals surface area (Å²) in [6, 6.07) is 9.66. The lowest BCUT2D eigenvalue weighted by molar-refractivity contribution is -0.120. The summed E-state index contributed by atoms with van der Waals surface area (Å²) in [4.78, 5) is 22.4. The van der Waals surface area contributed by atoms with Crippen molar-refractivity contribution in [3.8, 4) is 0 Å². The Labute approximate surface area is 170 Å². The summed E-state index contributed by atoms with van der Waals surface area (Å²) < 4.78 is 14.9. The molecule has 0 aliphatic carbocycles. The highest BCUT2D eigenvalue weighted by atomic mass is 32.1. The van der Waals surface area contributed by atoms with Gasteiger partial charge in [0.15, 0.2) is 0 Å². The monoisotopic (exact) mass is 410 g/mol. The van der Waals surface area contributed by atoms with Crippen molar-refractivity contribution in [1.82, 2.24) is 24.9 Å². The lowest BCUT2D eigenvalue weighted by Gasteiger charge is -2.19. The molecule has 1 atom stereocenters. The molecule has 0 fully saturated rings. The van der Waals surface area contributed by atoms with Gasteiger partial charge < -0.3 is 11.1 Å². The Hall–Kier alpha value is -3.33. The highest BCUT2D eigenvalue weighted by molar-refractivity contribution is 7.10. The molecule has 1 amide bonds. The quantitative estimate of drug-likeness (QED) is 0.527. The molecule has 4 rings (SSSR count). The van der Waals surface area contributed by atoms with Crippen LogP contribution >= 0.6 is 11.3 Å². The second kappa shape index (κ2) is 7.59. The number of nitrogens with one attached hydrogen (secondary N) is 1. The number of halogens is 1. The molecule has 3 heterocycles. The number of hydrogen-bond donors (Lipinski definition) is 2. The topological polar surface area (TPSA) is 98.2 Å². The Morgan fingerprint density at radius 1 is 1.24 bits per heavy atom. The van der Waals surface area contributed by atoms with Gasteiger partial charge in [-0.1, -0.05) is 18.2 Å². The van der Waals surface area contributed by atoms with E-state index in [0.717, 1.165) is 21.7 Å². The van der Waals surface area contributed by atoms with Crippen molar-refractivity contribution in [2.24, 2.45) is 0 Å². The normalized spacial score (nSPS) is 12.2. The maximum Gasteiger partial charge on any atom is 0.254 e. The van der Waals surface area contributed by atoms with E-state index in [9.17, 15) is 9.18 Å². The Bertz CT molecular complexity index is 1170. The van der Waals surface area contributed by atoms with Crippen LogP contribution in [0.25, 0.3) is 5.78 Å². The maximum absolute atomic E-state index is 13.3. The molecule has 0 saturated heterocycles. The first kappa shape index (κ1) is 19.0. The third-order valence-electron chi connectivity index (χ3n) is 4.74. The highest BCUT2D eigenvalue weighted by Gasteiger charge is 2.21. The van der Waals surface area contributed by atoms with E-state index in [1.807, 2.05) is 31.4 Å². The van der Waals surface area contributed by atoms with E-state index in [1.165, 1.54) is 23.5 Å². The van der Waals surface area contributed by atoms with Gasteiger partial charge in [0, 0.05) is 21.8 Å². The van der Waals surface area contributed by atoms with Gasteiger partial charge in [-0.15, -0.1) is 16.4 Å². The van der Waals surface area contributed by atoms with Gasteiger partial charge in [-0.3, -0.25) is 4.79 Å². The number of aromatic nitrogens is 4. The number of anilines is 1. The third kappa shape index (κ3) is 3.81. The second-order valence-corrected chi connectivity index (χ2v) is 7.67. The maximum atomic E-state index is 13.3. The summed E-state index contributed by atoms with van der Waals surface area (Å²) in [6.07, 6.45) is 0.128. The Balaban J connectivity index is 1.62. The van der Waals surface area contributed by atoms with Crippen LogP contribution in [0, 0.1) is 19.7 Å². The Morgan fingerprint density at radius 2 is 2.00 bits per heavy atom. The summed E-state index contributed by atoms with van der Waals surface area (Å²) in [5.74, 6) is 0.0519. The summed E-state index contributed by atoms with van der Waals surface area (Å²) >= 11 is 1.53. The van der Waals surface area contributed by atoms with E-state index in [1.54, 1.807) is 16.6 Å². The minimum Gasteiger partial charge on any atom is -0.366 e.